The van der Waals surface area contributed by atoms with Gasteiger partial charge in [0.2, 0.25) is 0 Å². The van der Waals surface area contributed by atoms with E-state index in [0.29, 0.717) is 0 Å². The van der Waals surface area contributed by atoms with E-state index < -0.39 is 29.0 Å². The highest BCUT2D eigenvalue weighted by Gasteiger charge is 2.32. The number of hydrogen-bond acceptors (Lipinski definition) is 6. The van der Waals surface area contributed by atoms with Crippen LogP contribution in [0.5, 0.6) is 0 Å². The number of aromatic nitrogens is 2. The molecule has 0 fully saturated rings. The summed E-state index contributed by atoms with van der Waals surface area (Å²) in [6, 6.07) is 0. The van der Waals surface area contributed by atoms with Gasteiger partial charge < -0.3 is 19.7 Å². The van der Waals surface area contributed by atoms with Crippen molar-refractivity contribution in [3.63, 3.8) is 0 Å². The molecule has 0 unspecified atom stereocenters. The van der Waals surface area contributed by atoms with Crippen LogP contribution in [0.15, 0.2) is 4.52 Å². The van der Waals surface area contributed by atoms with Crippen LogP contribution in [0.2, 0.25) is 0 Å². The number of carbonyl (C=O) groups is 2. The first-order valence-corrected chi connectivity index (χ1v) is 5.60. The third-order valence-electron chi connectivity index (χ3n) is 1.97. The van der Waals surface area contributed by atoms with E-state index in [1.54, 1.807) is 34.6 Å². The molecule has 0 spiro atoms. The predicted octanol–water partition coefficient (Wildman–Crippen LogP) is 1.53. The second-order valence-electron chi connectivity index (χ2n) is 5.48. The Hall–Kier alpha value is -2.12. The summed E-state index contributed by atoms with van der Waals surface area (Å²) in [5.74, 6) is -1.78. The van der Waals surface area contributed by atoms with Gasteiger partial charge in [-0.05, 0) is 39.8 Å². The van der Waals surface area contributed by atoms with E-state index in [9.17, 15) is 9.59 Å². The number of nitrogens with zero attached hydrogens (tertiary/aromatic N) is 2. The maximum Gasteiger partial charge on any atom is 0.408 e. The smallest absolute Gasteiger partial charge is 0.408 e. The number of carboxylic acid groups (broad SMARTS) is 1. The van der Waals surface area contributed by atoms with Gasteiger partial charge in [-0.25, -0.2) is 9.59 Å². The van der Waals surface area contributed by atoms with Crippen LogP contribution in [0.3, 0.4) is 0 Å². The molecule has 0 aliphatic rings. The summed E-state index contributed by atoms with van der Waals surface area (Å²) in [4.78, 5) is 26.0. The van der Waals surface area contributed by atoms with Crippen LogP contribution in [-0.4, -0.2) is 32.9 Å². The second-order valence-corrected chi connectivity index (χ2v) is 5.48. The van der Waals surface area contributed by atoms with Gasteiger partial charge in [0, 0.05) is 0 Å². The SMILES string of the molecule is CC(C)(C)OC(=O)NC(C)(C)c1nc(C(=O)O)no1. The number of carboxylic acids is 1. The molecule has 1 amide bonds. The molecule has 8 nitrogen and oxygen atoms in total. The van der Waals surface area contributed by atoms with Gasteiger partial charge in [-0.1, -0.05) is 0 Å². The first-order valence-electron chi connectivity index (χ1n) is 5.60. The summed E-state index contributed by atoms with van der Waals surface area (Å²) >= 11 is 0. The van der Waals surface area contributed by atoms with Crippen LogP contribution >= 0.6 is 0 Å². The predicted molar refractivity (Wildman–Crippen MR) is 63.7 cm³/mol. The van der Waals surface area contributed by atoms with Crippen molar-refractivity contribution in [2.45, 2.75) is 45.8 Å². The highest BCUT2D eigenvalue weighted by atomic mass is 16.6. The van der Waals surface area contributed by atoms with E-state index in [2.05, 4.69) is 15.5 Å². The molecule has 1 aromatic heterocycles. The maximum atomic E-state index is 11.6. The quantitative estimate of drug-likeness (QED) is 0.856. The Kier molecular flexibility index (Phi) is 3.83. The first kappa shape index (κ1) is 14.9. The Morgan fingerprint density at radius 1 is 1.26 bits per heavy atom. The third kappa shape index (κ3) is 4.23. The first-order chi connectivity index (χ1) is 8.51. The Balaban J connectivity index is 2.79. The number of aromatic carboxylic acids is 1. The monoisotopic (exact) mass is 271 g/mol. The zero-order chi connectivity index (χ0) is 14.8. The van der Waals surface area contributed by atoms with Crippen LogP contribution < -0.4 is 5.32 Å². The average Bonchev–Trinajstić information content (AvgIpc) is 2.61. The average molecular weight is 271 g/mol. The summed E-state index contributed by atoms with van der Waals surface area (Å²) < 4.78 is 9.90. The molecule has 2 N–H and O–H groups in total. The van der Waals surface area contributed by atoms with E-state index in [1.165, 1.54) is 0 Å². The van der Waals surface area contributed by atoms with Crippen molar-refractivity contribution >= 4 is 12.1 Å². The fourth-order valence-corrected chi connectivity index (χ4v) is 1.18. The molecule has 0 aliphatic heterocycles. The van der Waals surface area contributed by atoms with Gasteiger partial charge in [-0.15, -0.1) is 0 Å². The Morgan fingerprint density at radius 3 is 2.26 bits per heavy atom. The van der Waals surface area contributed by atoms with E-state index in [0.717, 1.165) is 0 Å². The number of amides is 1. The molecular formula is C11H17N3O5. The van der Waals surface area contributed by atoms with Crippen LogP contribution in [0.25, 0.3) is 0 Å². The molecular weight excluding hydrogens is 254 g/mol. The van der Waals surface area contributed by atoms with Gasteiger partial charge >= 0.3 is 12.1 Å². The molecule has 0 aromatic carbocycles. The molecule has 8 heteroatoms. The number of nitrogens with one attached hydrogen (secondary N) is 1. The van der Waals surface area contributed by atoms with E-state index >= 15 is 0 Å². The lowest BCUT2D eigenvalue weighted by Gasteiger charge is -2.25. The topological polar surface area (TPSA) is 115 Å². The molecule has 0 radical (unpaired) electrons. The minimum atomic E-state index is -1.30. The molecule has 106 valence electrons. The lowest BCUT2D eigenvalue weighted by molar-refractivity contribution is 0.0451. The van der Waals surface area contributed by atoms with Crippen LogP contribution in [-0.2, 0) is 10.3 Å². The molecule has 0 saturated heterocycles. The highest BCUT2D eigenvalue weighted by Crippen LogP contribution is 2.19. The van der Waals surface area contributed by atoms with Crippen LogP contribution in [0.1, 0.15) is 51.1 Å². The van der Waals surface area contributed by atoms with Gasteiger partial charge in [0.25, 0.3) is 11.7 Å². The van der Waals surface area contributed by atoms with Gasteiger partial charge in [0.1, 0.15) is 11.1 Å². The van der Waals surface area contributed by atoms with Crippen molar-refractivity contribution in [1.82, 2.24) is 15.5 Å². The van der Waals surface area contributed by atoms with Crippen molar-refractivity contribution in [2.75, 3.05) is 0 Å². The molecule has 1 aromatic rings. The van der Waals surface area contributed by atoms with Crippen molar-refractivity contribution in [1.29, 1.82) is 0 Å². The van der Waals surface area contributed by atoms with Crippen molar-refractivity contribution in [3.05, 3.63) is 11.7 Å². The summed E-state index contributed by atoms with van der Waals surface area (Å²) in [7, 11) is 0. The van der Waals surface area contributed by atoms with Gasteiger partial charge in [0.05, 0.1) is 0 Å². The highest BCUT2D eigenvalue weighted by molar-refractivity contribution is 5.82. The minimum absolute atomic E-state index is 0.0178. The van der Waals surface area contributed by atoms with Crippen molar-refractivity contribution < 1.29 is 24.0 Å². The summed E-state index contributed by atoms with van der Waals surface area (Å²) in [5, 5.41) is 14.5. The lowest BCUT2D eigenvalue weighted by Crippen LogP contribution is -2.44. The third-order valence-corrected chi connectivity index (χ3v) is 1.97. The Morgan fingerprint density at radius 2 is 1.84 bits per heavy atom. The zero-order valence-corrected chi connectivity index (χ0v) is 11.5. The Labute approximate surface area is 110 Å². The number of carbonyl (C=O) groups excluding carboxylic acids is 1. The molecule has 0 aliphatic carbocycles. The molecule has 0 saturated carbocycles. The molecule has 1 rings (SSSR count). The van der Waals surface area contributed by atoms with Gasteiger partial charge in [-0.3, -0.25) is 0 Å². The summed E-state index contributed by atoms with van der Waals surface area (Å²) in [5.41, 5.74) is -1.68. The second kappa shape index (κ2) is 4.87. The lowest BCUT2D eigenvalue weighted by atomic mass is 10.1. The summed E-state index contributed by atoms with van der Waals surface area (Å²) in [6.07, 6.45) is -0.660. The maximum absolute atomic E-state index is 11.6. The van der Waals surface area contributed by atoms with Crippen molar-refractivity contribution in [2.24, 2.45) is 0 Å². The molecule has 0 atom stereocenters. The number of ether oxygens (including phenoxy) is 1. The summed E-state index contributed by atoms with van der Waals surface area (Å²) in [6.45, 7) is 8.38. The molecule has 0 bridgehead atoms. The zero-order valence-electron chi connectivity index (χ0n) is 11.5. The fraction of sp³-hybridized carbons (Fsp3) is 0.636. The van der Waals surface area contributed by atoms with Gasteiger partial charge in [-0.2, -0.15) is 4.98 Å². The van der Waals surface area contributed by atoms with Crippen molar-refractivity contribution in [3.8, 4) is 0 Å². The number of alkyl carbamates (subject to hydrolysis) is 1. The van der Waals surface area contributed by atoms with Crippen LogP contribution in [0.4, 0.5) is 4.79 Å². The molecule has 19 heavy (non-hydrogen) atoms. The standard InChI is InChI=1S/C11H17N3O5/c1-10(2,3)18-9(17)13-11(4,5)8-12-6(7(15)16)14-19-8/h1-5H3,(H,13,17)(H,15,16). The normalized spacial score (nSPS) is 12.1. The molecule has 1 heterocycles. The van der Waals surface area contributed by atoms with Crippen LogP contribution in [0, 0.1) is 0 Å². The number of rotatable bonds is 3. The Bertz CT molecular complexity index is 487. The van der Waals surface area contributed by atoms with E-state index in [-0.39, 0.29) is 5.89 Å². The van der Waals surface area contributed by atoms with Gasteiger partial charge in [0.15, 0.2) is 0 Å². The largest absolute Gasteiger partial charge is 0.475 e. The number of hydrogen-bond donors (Lipinski definition) is 2. The minimum Gasteiger partial charge on any atom is -0.475 e. The van der Waals surface area contributed by atoms with E-state index in [1.807, 2.05) is 0 Å². The fourth-order valence-electron chi connectivity index (χ4n) is 1.18. The van der Waals surface area contributed by atoms with E-state index in [4.69, 9.17) is 14.4 Å².